The van der Waals surface area contributed by atoms with E-state index in [4.69, 9.17) is 0 Å². The average molecular weight is 739 g/mol. The molecular formula is C48H44FeP2. The number of aryl methyl sites for hydroxylation is 4. The van der Waals surface area contributed by atoms with E-state index in [1.54, 1.807) is 0 Å². The van der Waals surface area contributed by atoms with Crippen LogP contribution < -0.4 is 21.2 Å². The molecule has 0 aromatic heterocycles. The van der Waals surface area contributed by atoms with Gasteiger partial charge in [-0.15, -0.1) is 0 Å². The largest absolute Gasteiger partial charge is 0.0616 e. The van der Waals surface area contributed by atoms with E-state index in [-0.39, 0.29) is 17.1 Å². The molecule has 0 N–H and O–H groups in total. The monoisotopic (exact) mass is 738 g/mol. The second-order valence-electron chi connectivity index (χ2n) is 13.4. The molecular weight excluding hydrogens is 694 g/mol. The van der Waals surface area contributed by atoms with Gasteiger partial charge in [-0.25, -0.2) is 0 Å². The van der Waals surface area contributed by atoms with Crippen LogP contribution in [0.4, 0.5) is 0 Å². The molecule has 6 aromatic rings. The first-order valence-electron chi connectivity index (χ1n) is 17.5. The van der Waals surface area contributed by atoms with Gasteiger partial charge in [0.15, 0.2) is 0 Å². The molecule has 3 heteroatoms. The summed E-state index contributed by atoms with van der Waals surface area (Å²) in [4.78, 5) is 0. The second kappa shape index (κ2) is 17.4. The van der Waals surface area contributed by atoms with Crippen LogP contribution in [0.1, 0.15) is 29.2 Å². The van der Waals surface area contributed by atoms with Crippen molar-refractivity contribution in [1.82, 2.24) is 0 Å². The Hall–Kier alpha value is -2.78. The standard InChI is InChI=1S/C43H39P2.C5H5.Fe/c1-29-23-30(2)26-36(25-29)44(37-27-31(3)24-32(4)28-37)33(5)38-19-12-22-41(38)45(42-20-10-15-34-13-6-8-17-39(34)42)43-21-11-16-35-14-7-9-18-40(35)43;1-2-4-5-3-1;/h6-28,33H,1-5H3;1-5H;/t33-;;/m1../s1. The number of hydrogen-bond donors (Lipinski definition) is 0. The van der Waals surface area contributed by atoms with Crippen LogP contribution in [0.3, 0.4) is 0 Å². The topological polar surface area (TPSA) is 0 Å². The number of hydrogen-bond acceptors (Lipinski definition) is 0. The van der Waals surface area contributed by atoms with Crippen molar-refractivity contribution < 1.29 is 17.1 Å². The predicted octanol–water partition coefficient (Wildman–Crippen LogP) is 10.9. The van der Waals surface area contributed by atoms with Crippen LogP contribution >= 0.6 is 15.8 Å². The van der Waals surface area contributed by atoms with Crippen molar-refractivity contribution in [3.63, 3.8) is 0 Å². The minimum atomic E-state index is -0.839. The molecule has 51 heavy (non-hydrogen) atoms. The first-order chi connectivity index (χ1) is 24.4. The number of fused-ring (bicyclic) bond motifs is 2. The van der Waals surface area contributed by atoms with E-state index in [2.05, 4.69) is 175 Å². The Morgan fingerprint density at radius 1 is 0.451 bits per heavy atom. The van der Waals surface area contributed by atoms with Crippen molar-refractivity contribution in [2.75, 3.05) is 0 Å². The van der Waals surface area contributed by atoms with Gasteiger partial charge in [-0.3, -0.25) is 0 Å². The van der Waals surface area contributed by atoms with Crippen molar-refractivity contribution in [1.29, 1.82) is 0 Å². The van der Waals surface area contributed by atoms with Crippen molar-refractivity contribution in [2.24, 2.45) is 0 Å². The van der Waals surface area contributed by atoms with Gasteiger partial charge in [-0.05, 0) is 149 Å². The molecule has 2 aliphatic rings. The second-order valence-corrected chi connectivity index (χ2v) is 18.1. The summed E-state index contributed by atoms with van der Waals surface area (Å²) in [6, 6.07) is 46.0. The quantitative estimate of drug-likeness (QED) is 0.113. The molecule has 2 fully saturated rings. The summed E-state index contributed by atoms with van der Waals surface area (Å²) in [5.41, 5.74) is 7.17. The SMILES string of the molecule is Cc1cc(C)cc(P(c2cc(C)cc(C)c2)[C@H](C)[C]2[CH][CH][CH][C]2P(c2cccc3ccccc23)c2cccc3ccccc23)c1.[CH]1[CH][CH][CH][CH]1.[Fe]. The minimum absolute atomic E-state index is 0. The van der Waals surface area contributed by atoms with Crippen LogP contribution in [-0.2, 0) is 17.1 Å². The Kier molecular flexibility index (Phi) is 12.9. The van der Waals surface area contributed by atoms with Crippen LogP contribution in [-0.4, -0.2) is 5.66 Å². The summed E-state index contributed by atoms with van der Waals surface area (Å²) in [5, 5.41) is 11.1. The van der Waals surface area contributed by atoms with Gasteiger partial charge >= 0.3 is 0 Å². The zero-order valence-electron chi connectivity index (χ0n) is 30.0. The first-order valence-corrected chi connectivity index (χ1v) is 20.3. The maximum atomic E-state index is 2.49. The van der Waals surface area contributed by atoms with E-state index in [1.165, 1.54) is 76.6 Å². The fourth-order valence-corrected chi connectivity index (χ4v) is 13.5. The number of rotatable bonds is 7. The fourth-order valence-electron chi connectivity index (χ4n) is 7.41. The Morgan fingerprint density at radius 3 is 1.31 bits per heavy atom. The van der Waals surface area contributed by atoms with Gasteiger partial charge in [0.1, 0.15) is 0 Å². The van der Waals surface area contributed by atoms with Gasteiger partial charge in [0.05, 0.1) is 0 Å². The van der Waals surface area contributed by atoms with Gasteiger partial charge in [0, 0.05) is 22.7 Å². The summed E-state index contributed by atoms with van der Waals surface area (Å²) in [6.07, 6.45) is 17.2. The van der Waals surface area contributed by atoms with Crippen LogP contribution in [0.15, 0.2) is 121 Å². The predicted molar refractivity (Wildman–Crippen MR) is 222 cm³/mol. The fraction of sp³-hybridized carbons (Fsp3) is 0.125. The third-order valence-electron chi connectivity index (χ3n) is 9.44. The third kappa shape index (κ3) is 8.56. The van der Waals surface area contributed by atoms with Crippen LogP contribution in [0.25, 0.3) is 21.5 Å². The van der Waals surface area contributed by atoms with Crippen LogP contribution in [0.5, 0.6) is 0 Å². The molecule has 0 aliphatic heterocycles. The van der Waals surface area contributed by atoms with Gasteiger partial charge < -0.3 is 0 Å². The molecule has 2 aliphatic carbocycles. The Labute approximate surface area is 320 Å². The Morgan fingerprint density at radius 2 is 0.863 bits per heavy atom. The van der Waals surface area contributed by atoms with E-state index in [1.807, 2.05) is 32.1 Å². The third-order valence-corrected chi connectivity index (χ3v) is 14.8. The van der Waals surface area contributed by atoms with E-state index < -0.39 is 15.8 Å². The molecule has 2 saturated carbocycles. The molecule has 0 heterocycles. The molecule has 0 bridgehead atoms. The minimum Gasteiger partial charge on any atom is -0.0616 e. The molecule has 254 valence electrons. The zero-order valence-corrected chi connectivity index (χ0v) is 32.9. The molecule has 8 rings (SSSR count). The van der Waals surface area contributed by atoms with Gasteiger partial charge in [0.2, 0.25) is 0 Å². The molecule has 0 nitrogen and oxygen atoms in total. The van der Waals surface area contributed by atoms with Crippen LogP contribution in [0.2, 0.25) is 0 Å². The summed E-state index contributed by atoms with van der Waals surface area (Å²) in [6.45, 7) is 11.4. The summed E-state index contributed by atoms with van der Waals surface area (Å²) >= 11 is 0. The Balaban J connectivity index is 0.000000689. The van der Waals surface area contributed by atoms with E-state index >= 15 is 0 Å². The zero-order chi connectivity index (χ0) is 34.6. The van der Waals surface area contributed by atoms with E-state index in [9.17, 15) is 0 Å². The number of benzene rings is 6. The summed E-state index contributed by atoms with van der Waals surface area (Å²) < 4.78 is 0. The molecule has 0 unspecified atom stereocenters. The smallest absolute Gasteiger partial charge is 0.0202 e. The van der Waals surface area contributed by atoms with Crippen LogP contribution in [0, 0.1) is 90.6 Å². The van der Waals surface area contributed by atoms with Crippen molar-refractivity contribution in [3.8, 4) is 0 Å². The van der Waals surface area contributed by atoms with E-state index in [0.717, 1.165) is 0 Å². The van der Waals surface area contributed by atoms with Crippen molar-refractivity contribution in [3.05, 3.63) is 207 Å². The Bertz CT molecular complexity index is 1890. The maximum Gasteiger partial charge on any atom is 0.0202 e. The molecule has 0 amide bonds. The summed E-state index contributed by atoms with van der Waals surface area (Å²) in [5.74, 6) is 1.48. The molecule has 6 aromatic carbocycles. The van der Waals surface area contributed by atoms with Gasteiger partial charge in [-0.1, -0.05) is 151 Å². The van der Waals surface area contributed by atoms with Crippen molar-refractivity contribution >= 4 is 58.6 Å². The first kappa shape index (κ1) is 38.0. The molecule has 1 atom stereocenters. The summed E-state index contributed by atoms with van der Waals surface area (Å²) in [7, 11) is -1.50. The normalized spacial score (nSPS) is 15.7. The molecule has 0 saturated heterocycles. The van der Waals surface area contributed by atoms with Gasteiger partial charge in [-0.2, -0.15) is 0 Å². The van der Waals surface area contributed by atoms with Gasteiger partial charge in [0.25, 0.3) is 0 Å². The maximum absolute atomic E-state index is 2.49. The molecule has 10 radical (unpaired) electrons. The van der Waals surface area contributed by atoms with Crippen molar-refractivity contribution in [2.45, 2.75) is 40.3 Å². The average Bonchev–Trinajstić information content (AvgIpc) is 3.85. The molecule has 0 spiro atoms. The van der Waals surface area contributed by atoms with E-state index in [0.29, 0.717) is 5.66 Å².